The van der Waals surface area contributed by atoms with Crippen molar-refractivity contribution >= 4 is 23.2 Å². The van der Waals surface area contributed by atoms with E-state index in [-0.39, 0.29) is 5.78 Å². The first kappa shape index (κ1) is 12.1. The van der Waals surface area contributed by atoms with Gasteiger partial charge in [-0.2, -0.15) is 11.8 Å². The Morgan fingerprint density at radius 3 is 2.40 bits per heavy atom. The molecular formula is C12H17NOS. The van der Waals surface area contributed by atoms with E-state index in [9.17, 15) is 4.79 Å². The Hall–Kier alpha value is -0.960. The number of anilines is 1. The zero-order chi connectivity index (χ0) is 11.3. The van der Waals surface area contributed by atoms with Crippen LogP contribution in [-0.2, 0) is 0 Å². The molecule has 0 saturated heterocycles. The van der Waals surface area contributed by atoms with Crippen LogP contribution in [0.25, 0.3) is 0 Å². The number of hydrogen-bond donors (Lipinski definition) is 0. The van der Waals surface area contributed by atoms with Crippen LogP contribution in [-0.4, -0.2) is 31.4 Å². The molecule has 0 aliphatic heterocycles. The lowest BCUT2D eigenvalue weighted by Gasteiger charge is -2.18. The molecule has 0 aliphatic rings. The molecule has 0 heterocycles. The molecule has 0 aliphatic carbocycles. The maximum atomic E-state index is 11.1. The van der Waals surface area contributed by atoms with Gasteiger partial charge in [0.25, 0.3) is 0 Å². The van der Waals surface area contributed by atoms with Gasteiger partial charge in [-0.25, -0.2) is 0 Å². The number of ketones is 1. The molecule has 0 saturated carbocycles. The van der Waals surface area contributed by atoms with Crippen molar-refractivity contribution in [2.75, 3.05) is 30.5 Å². The van der Waals surface area contributed by atoms with Crippen LogP contribution in [0.15, 0.2) is 24.3 Å². The Labute approximate surface area is 95.7 Å². The SMILES string of the molecule is CSCCN(C)c1ccc(C(C)=O)cc1. The standard InChI is InChI=1S/C12H17NOS/c1-10(14)11-4-6-12(7-5-11)13(2)8-9-15-3/h4-7H,8-9H2,1-3H3. The summed E-state index contributed by atoms with van der Waals surface area (Å²) in [6.45, 7) is 2.62. The molecule has 15 heavy (non-hydrogen) atoms. The smallest absolute Gasteiger partial charge is 0.159 e. The van der Waals surface area contributed by atoms with Crippen molar-refractivity contribution in [2.45, 2.75) is 6.92 Å². The minimum atomic E-state index is 0.119. The van der Waals surface area contributed by atoms with Gasteiger partial charge in [0, 0.05) is 30.6 Å². The van der Waals surface area contributed by atoms with E-state index in [0.29, 0.717) is 0 Å². The lowest BCUT2D eigenvalue weighted by Crippen LogP contribution is -2.20. The summed E-state index contributed by atoms with van der Waals surface area (Å²) in [7, 11) is 2.07. The number of rotatable bonds is 5. The molecule has 0 unspecified atom stereocenters. The summed E-state index contributed by atoms with van der Waals surface area (Å²) in [6.07, 6.45) is 2.10. The van der Waals surface area contributed by atoms with E-state index in [0.717, 1.165) is 23.5 Å². The molecular weight excluding hydrogens is 206 g/mol. The highest BCUT2D eigenvalue weighted by Crippen LogP contribution is 2.14. The van der Waals surface area contributed by atoms with E-state index in [1.54, 1.807) is 6.92 Å². The van der Waals surface area contributed by atoms with Crippen LogP contribution in [0.3, 0.4) is 0 Å². The van der Waals surface area contributed by atoms with Crippen LogP contribution in [0, 0.1) is 0 Å². The van der Waals surface area contributed by atoms with Crippen molar-refractivity contribution in [1.82, 2.24) is 0 Å². The Balaban J connectivity index is 2.66. The summed E-state index contributed by atoms with van der Waals surface area (Å²) in [5.41, 5.74) is 1.94. The molecule has 0 spiro atoms. The number of hydrogen-bond acceptors (Lipinski definition) is 3. The summed E-state index contributed by atoms with van der Waals surface area (Å²) in [4.78, 5) is 13.3. The summed E-state index contributed by atoms with van der Waals surface area (Å²) in [6, 6.07) is 7.76. The first-order valence-electron chi connectivity index (χ1n) is 4.96. The van der Waals surface area contributed by atoms with E-state index in [2.05, 4.69) is 18.2 Å². The van der Waals surface area contributed by atoms with Crippen LogP contribution in [0.4, 0.5) is 5.69 Å². The van der Waals surface area contributed by atoms with Gasteiger partial charge >= 0.3 is 0 Å². The molecule has 0 radical (unpaired) electrons. The van der Waals surface area contributed by atoms with Crippen LogP contribution in [0.1, 0.15) is 17.3 Å². The minimum Gasteiger partial charge on any atom is -0.374 e. The van der Waals surface area contributed by atoms with E-state index in [4.69, 9.17) is 0 Å². The summed E-state index contributed by atoms with van der Waals surface area (Å²) < 4.78 is 0. The Bertz CT molecular complexity index is 321. The van der Waals surface area contributed by atoms with E-state index in [1.807, 2.05) is 36.0 Å². The van der Waals surface area contributed by atoms with Gasteiger partial charge in [-0.3, -0.25) is 4.79 Å². The lowest BCUT2D eigenvalue weighted by atomic mass is 10.1. The minimum absolute atomic E-state index is 0.119. The molecule has 0 amide bonds. The second kappa shape index (κ2) is 5.81. The van der Waals surface area contributed by atoms with Crippen molar-refractivity contribution in [1.29, 1.82) is 0 Å². The van der Waals surface area contributed by atoms with Gasteiger partial charge in [-0.15, -0.1) is 0 Å². The number of carbonyl (C=O) groups is 1. The highest BCUT2D eigenvalue weighted by Gasteiger charge is 2.02. The maximum Gasteiger partial charge on any atom is 0.159 e. The Kier molecular flexibility index (Phi) is 4.69. The Morgan fingerprint density at radius 2 is 1.93 bits per heavy atom. The highest BCUT2D eigenvalue weighted by molar-refractivity contribution is 7.98. The van der Waals surface area contributed by atoms with Gasteiger partial charge in [0.1, 0.15) is 0 Å². The predicted molar refractivity (Wildman–Crippen MR) is 68.1 cm³/mol. The molecule has 0 bridgehead atoms. The summed E-state index contributed by atoms with van der Waals surface area (Å²) >= 11 is 1.84. The summed E-state index contributed by atoms with van der Waals surface area (Å²) in [5, 5.41) is 0. The predicted octanol–water partition coefficient (Wildman–Crippen LogP) is 2.69. The van der Waals surface area contributed by atoms with Gasteiger partial charge in [0.2, 0.25) is 0 Å². The lowest BCUT2D eigenvalue weighted by molar-refractivity contribution is 0.101. The zero-order valence-corrected chi connectivity index (χ0v) is 10.3. The fourth-order valence-corrected chi connectivity index (χ4v) is 1.76. The van der Waals surface area contributed by atoms with Crippen LogP contribution < -0.4 is 4.90 Å². The van der Waals surface area contributed by atoms with Crippen LogP contribution in [0.5, 0.6) is 0 Å². The zero-order valence-electron chi connectivity index (χ0n) is 9.49. The molecule has 1 aromatic rings. The topological polar surface area (TPSA) is 20.3 Å². The van der Waals surface area contributed by atoms with E-state index < -0.39 is 0 Å². The van der Waals surface area contributed by atoms with Gasteiger partial charge < -0.3 is 4.90 Å². The van der Waals surface area contributed by atoms with Gasteiger partial charge in [0.05, 0.1) is 0 Å². The second-order valence-corrected chi connectivity index (χ2v) is 4.50. The van der Waals surface area contributed by atoms with E-state index >= 15 is 0 Å². The number of benzene rings is 1. The molecule has 82 valence electrons. The third kappa shape index (κ3) is 3.59. The van der Waals surface area contributed by atoms with Crippen LogP contribution >= 0.6 is 11.8 Å². The van der Waals surface area contributed by atoms with Crippen molar-refractivity contribution < 1.29 is 4.79 Å². The van der Waals surface area contributed by atoms with Crippen molar-refractivity contribution in [3.8, 4) is 0 Å². The third-order valence-corrected chi connectivity index (χ3v) is 2.94. The molecule has 0 atom stereocenters. The van der Waals surface area contributed by atoms with Crippen molar-refractivity contribution in [3.05, 3.63) is 29.8 Å². The average molecular weight is 223 g/mol. The largest absolute Gasteiger partial charge is 0.374 e. The van der Waals surface area contributed by atoms with E-state index in [1.165, 1.54) is 0 Å². The quantitative estimate of drug-likeness (QED) is 0.716. The fourth-order valence-electron chi connectivity index (χ4n) is 1.31. The number of carbonyl (C=O) groups excluding carboxylic acids is 1. The van der Waals surface area contributed by atoms with Crippen molar-refractivity contribution in [2.24, 2.45) is 0 Å². The first-order valence-corrected chi connectivity index (χ1v) is 6.35. The van der Waals surface area contributed by atoms with Gasteiger partial charge in [-0.1, -0.05) is 0 Å². The van der Waals surface area contributed by atoms with Crippen molar-refractivity contribution in [3.63, 3.8) is 0 Å². The van der Waals surface area contributed by atoms with Gasteiger partial charge in [-0.05, 0) is 37.4 Å². The molecule has 3 heteroatoms. The molecule has 0 aromatic heterocycles. The molecule has 0 fully saturated rings. The normalized spacial score (nSPS) is 10.1. The maximum absolute atomic E-state index is 11.1. The second-order valence-electron chi connectivity index (χ2n) is 3.52. The molecule has 1 rings (SSSR count). The third-order valence-electron chi connectivity index (χ3n) is 2.35. The van der Waals surface area contributed by atoms with Gasteiger partial charge in [0.15, 0.2) is 5.78 Å². The molecule has 2 nitrogen and oxygen atoms in total. The number of thioether (sulfide) groups is 1. The number of Topliss-reactive ketones (excluding diaryl/α,β-unsaturated/α-hetero) is 1. The molecule has 0 N–H and O–H groups in total. The molecule has 1 aromatic carbocycles. The first-order chi connectivity index (χ1) is 7.15. The monoisotopic (exact) mass is 223 g/mol. The van der Waals surface area contributed by atoms with Crippen LogP contribution in [0.2, 0.25) is 0 Å². The Morgan fingerprint density at radius 1 is 1.33 bits per heavy atom. The average Bonchev–Trinajstić information content (AvgIpc) is 2.26. The fraction of sp³-hybridized carbons (Fsp3) is 0.417. The highest BCUT2D eigenvalue weighted by atomic mass is 32.2. The summed E-state index contributed by atoms with van der Waals surface area (Å²) in [5.74, 6) is 1.23. The number of nitrogens with zero attached hydrogens (tertiary/aromatic N) is 1.